The number of carboxylic acid groups (broad SMARTS) is 1. The van der Waals surface area contributed by atoms with Gasteiger partial charge in [-0.1, -0.05) is 23.7 Å². The highest BCUT2D eigenvalue weighted by molar-refractivity contribution is 7.90. The zero-order valence-electron chi connectivity index (χ0n) is 6.27. The summed E-state index contributed by atoms with van der Waals surface area (Å²) in [5.41, 5.74) is 0. The van der Waals surface area contributed by atoms with Gasteiger partial charge in [-0.15, -0.1) is 0 Å². The molecule has 4 nitrogen and oxygen atoms in total. The monoisotopic (exact) mass is 220 g/mol. The van der Waals surface area contributed by atoms with E-state index in [1.807, 2.05) is 0 Å². The maximum Gasteiger partial charge on any atom is 0.520 e. The minimum atomic E-state index is -1.42. The Morgan fingerprint density at radius 3 is 2.77 bits per heavy atom. The van der Waals surface area contributed by atoms with Crippen LogP contribution in [0.5, 0.6) is 5.75 Å². The summed E-state index contributed by atoms with van der Waals surface area (Å²) in [7, 11) is 0. The fourth-order valence-electron chi connectivity index (χ4n) is 0.595. The van der Waals surface area contributed by atoms with Gasteiger partial charge in [0, 0.05) is 0 Å². The van der Waals surface area contributed by atoms with E-state index in [1.54, 1.807) is 24.3 Å². The average molecular weight is 221 g/mol. The minimum absolute atomic E-state index is 0.345. The molecule has 0 saturated heterocycles. The molecule has 0 bridgehead atoms. The minimum Gasteiger partial charge on any atom is -0.449 e. The lowest BCUT2D eigenvalue weighted by Crippen LogP contribution is -1.94. The Hall–Kier alpha value is -1.07. The van der Waals surface area contributed by atoms with Crippen molar-refractivity contribution in [3.8, 4) is 5.75 Å². The third kappa shape index (κ3) is 3.43. The Bertz CT molecular complexity index is 304. The van der Waals surface area contributed by atoms with Gasteiger partial charge in [0.05, 0.1) is 5.02 Å². The summed E-state index contributed by atoms with van der Waals surface area (Å²) in [5.74, 6) is 0.357. The zero-order chi connectivity index (χ0) is 9.68. The molecule has 0 radical (unpaired) electrons. The van der Waals surface area contributed by atoms with E-state index >= 15 is 0 Å². The first-order valence-corrected chi connectivity index (χ1v) is 4.23. The van der Waals surface area contributed by atoms with Crippen molar-refractivity contribution < 1.29 is 18.3 Å². The predicted octanol–water partition coefficient (Wildman–Crippen LogP) is 2.98. The Labute approximate surface area is 83.8 Å². The second kappa shape index (κ2) is 4.84. The van der Waals surface area contributed by atoms with Gasteiger partial charge in [0.2, 0.25) is 0 Å². The van der Waals surface area contributed by atoms with Crippen LogP contribution in [0.15, 0.2) is 24.3 Å². The van der Waals surface area contributed by atoms with Crippen molar-refractivity contribution in [3.05, 3.63) is 29.3 Å². The standard InChI is InChI=1S/C7H5ClO4S/c8-5-3-1-2-4-6(5)11-13-12-7(9)10/h1-4H,(H,9,10). The van der Waals surface area contributed by atoms with Crippen molar-refractivity contribution in [2.75, 3.05) is 0 Å². The molecule has 0 saturated carbocycles. The van der Waals surface area contributed by atoms with E-state index in [1.165, 1.54) is 0 Å². The highest BCUT2D eigenvalue weighted by Crippen LogP contribution is 2.26. The SMILES string of the molecule is O=C(O)OSOc1ccccc1Cl. The van der Waals surface area contributed by atoms with Crippen LogP contribution in [0.1, 0.15) is 0 Å². The molecule has 6 heteroatoms. The van der Waals surface area contributed by atoms with Gasteiger partial charge < -0.3 is 13.5 Å². The van der Waals surface area contributed by atoms with Gasteiger partial charge in [-0.25, -0.2) is 4.79 Å². The Kier molecular flexibility index (Phi) is 3.72. The van der Waals surface area contributed by atoms with Crippen LogP contribution in [0.2, 0.25) is 5.02 Å². The molecule has 1 aromatic rings. The van der Waals surface area contributed by atoms with Crippen molar-refractivity contribution in [1.82, 2.24) is 0 Å². The molecule has 0 fully saturated rings. The number of hydrogen-bond donors (Lipinski definition) is 1. The van der Waals surface area contributed by atoms with Crippen molar-refractivity contribution in [3.63, 3.8) is 0 Å². The summed E-state index contributed by atoms with van der Waals surface area (Å²) in [6.07, 6.45) is -1.42. The van der Waals surface area contributed by atoms with Gasteiger partial charge in [0.25, 0.3) is 12.3 Å². The molecule has 0 aliphatic carbocycles. The molecule has 70 valence electrons. The second-order valence-electron chi connectivity index (χ2n) is 1.93. The van der Waals surface area contributed by atoms with Crippen LogP contribution in [-0.2, 0) is 4.18 Å². The van der Waals surface area contributed by atoms with Crippen LogP contribution < -0.4 is 4.18 Å². The van der Waals surface area contributed by atoms with E-state index in [0.29, 0.717) is 23.1 Å². The molecule has 13 heavy (non-hydrogen) atoms. The normalized spacial score (nSPS) is 9.31. The molecule has 1 aromatic carbocycles. The fourth-order valence-corrected chi connectivity index (χ4v) is 1.13. The summed E-state index contributed by atoms with van der Waals surface area (Å²) < 4.78 is 8.88. The summed E-state index contributed by atoms with van der Waals surface area (Å²) in [5, 5.41) is 8.50. The molecular formula is C7H5ClO4S. The molecule has 1 N–H and O–H groups in total. The number of benzene rings is 1. The first-order chi connectivity index (χ1) is 6.20. The Morgan fingerprint density at radius 1 is 1.46 bits per heavy atom. The Balaban J connectivity index is 2.45. The maximum absolute atomic E-state index is 9.92. The van der Waals surface area contributed by atoms with Gasteiger partial charge in [-0.05, 0) is 12.1 Å². The lowest BCUT2D eigenvalue weighted by Gasteiger charge is -2.02. The first-order valence-electron chi connectivity index (χ1n) is 3.19. The van der Waals surface area contributed by atoms with Crippen molar-refractivity contribution in [2.45, 2.75) is 0 Å². The van der Waals surface area contributed by atoms with Gasteiger partial charge in [-0.2, -0.15) is 0 Å². The first kappa shape index (κ1) is 10.0. The third-order valence-electron chi connectivity index (χ3n) is 1.07. The number of hydrogen-bond acceptors (Lipinski definition) is 4. The van der Waals surface area contributed by atoms with E-state index in [0.717, 1.165) is 0 Å². The fraction of sp³-hybridized carbons (Fsp3) is 0. The van der Waals surface area contributed by atoms with Gasteiger partial charge in [0.15, 0.2) is 5.75 Å². The van der Waals surface area contributed by atoms with Gasteiger partial charge in [-0.3, -0.25) is 0 Å². The molecule has 1 rings (SSSR count). The molecule has 0 atom stereocenters. The predicted molar refractivity (Wildman–Crippen MR) is 48.8 cm³/mol. The van der Waals surface area contributed by atoms with E-state index < -0.39 is 6.16 Å². The lowest BCUT2D eigenvalue weighted by atomic mass is 10.3. The van der Waals surface area contributed by atoms with E-state index in [9.17, 15) is 4.79 Å². The molecule has 0 unspecified atom stereocenters. The molecule has 0 aliphatic heterocycles. The summed E-state index contributed by atoms with van der Waals surface area (Å²) in [4.78, 5) is 9.92. The number of para-hydroxylation sites is 1. The smallest absolute Gasteiger partial charge is 0.449 e. The number of rotatable bonds is 3. The van der Waals surface area contributed by atoms with Crippen LogP contribution in [0, 0.1) is 0 Å². The summed E-state index contributed by atoms with van der Waals surface area (Å²) in [6, 6.07) is 6.67. The van der Waals surface area contributed by atoms with Crippen molar-refractivity contribution in [2.24, 2.45) is 0 Å². The number of halogens is 1. The highest BCUT2D eigenvalue weighted by Gasteiger charge is 2.03. The van der Waals surface area contributed by atoms with Crippen LogP contribution in [-0.4, -0.2) is 11.3 Å². The summed E-state index contributed by atoms with van der Waals surface area (Å²) in [6.45, 7) is 0. The quantitative estimate of drug-likeness (QED) is 0.794. The van der Waals surface area contributed by atoms with Crippen LogP contribution in [0.3, 0.4) is 0 Å². The van der Waals surface area contributed by atoms with Crippen molar-refractivity contribution >= 4 is 30.1 Å². The van der Waals surface area contributed by atoms with Crippen LogP contribution >= 0.6 is 23.9 Å². The van der Waals surface area contributed by atoms with E-state index in [4.69, 9.17) is 20.9 Å². The molecule has 0 amide bonds. The topological polar surface area (TPSA) is 55.8 Å². The van der Waals surface area contributed by atoms with Gasteiger partial charge in [0.1, 0.15) is 0 Å². The van der Waals surface area contributed by atoms with E-state index in [2.05, 4.69) is 4.18 Å². The van der Waals surface area contributed by atoms with Crippen LogP contribution in [0.25, 0.3) is 0 Å². The molecule has 0 aromatic heterocycles. The molecular weight excluding hydrogens is 216 g/mol. The maximum atomic E-state index is 9.92. The highest BCUT2D eigenvalue weighted by atomic mass is 35.5. The largest absolute Gasteiger partial charge is 0.520 e. The van der Waals surface area contributed by atoms with Crippen molar-refractivity contribution in [1.29, 1.82) is 0 Å². The number of carbonyl (C=O) groups is 1. The average Bonchev–Trinajstić information content (AvgIpc) is 2.08. The molecule has 0 spiro atoms. The zero-order valence-corrected chi connectivity index (χ0v) is 7.84. The van der Waals surface area contributed by atoms with Crippen LogP contribution in [0.4, 0.5) is 4.79 Å². The molecule has 0 heterocycles. The Morgan fingerprint density at radius 2 is 2.15 bits per heavy atom. The van der Waals surface area contributed by atoms with Gasteiger partial charge >= 0.3 is 6.16 Å². The lowest BCUT2D eigenvalue weighted by molar-refractivity contribution is 0.150. The summed E-state index contributed by atoms with van der Waals surface area (Å²) >= 11 is 6.04. The van der Waals surface area contributed by atoms with E-state index in [-0.39, 0.29) is 0 Å². The second-order valence-corrected chi connectivity index (χ2v) is 2.81. The molecule has 0 aliphatic rings. The third-order valence-corrected chi connectivity index (χ3v) is 1.84.